The van der Waals surface area contributed by atoms with Crippen LogP contribution in [0.25, 0.3) is 6.08 Å². The third-order valence-electron chi connectivity index (χ3n) is 1.16. The van der Waals surface area contributed by atoms with Crippen molar-refractivity contribution in [2.24, 2.45) is 0 Å². The second kappa shape index (κ2) is 4.30. The van der Waals surface area contributed by atoms with Gasteiger partial charge < -0.3 is 0 Å². The van der Waals surface area contributed by atoms with Crippen LogP contribution in [0.5, 0.6) is 0 Å². The molecule has 1 aromatic rings. The van der Waals surface area contributed by atoms with Crippen molar-refractivity contribution >= 4 is 10.6 Å². The van der Waals surface area contributed by atoms with E-state index in [-0.39, 0.29) is 0 Å². The number of methoxy groups -OCH3 is 1. The van der Waals surface area contributed by atoms with Gasteiger partial charge in [-0.25, -0.2) is 0 Å². The standard InChI is InChI=1S/C8H8O2.Cr/c1-9-5-2-3-8-4-6-10-7-8;/h2-4,6-7H,1H3;/b3-2+;. The SMILES string of the molecule is CO[C](=[Cr])/C=C/c1ccoc1. The molecule has 0 unspecified atom stereocenters. The molecule has 0 saturated carbocycles. The Bertz CT molecular complexity index is 249. The topological polar surface area (TPSA) is 22.4 Å². The van der Waals surface area contributed by atoms with E-state index >= 15 is 0 Å². The average molecular weight is 188 g/mol. The van der Waals surface area contributed by atoms with Crippen LogP contribution in [0.1, 0.15) is 5.56 Å². The maximum atomic E-state index is 4.89. The normalized spacial score (nSPS) is 10.6. The molecule has 0 amide bonds. The summed E-state index contributed by atoms with van der Waals surface area (Å²) < 4.78 is 10.5. The molecule has 0 aromatic carbocycles. The molecule has 0 aliphatic heterocycles. The van der Waals surface area contributed by atoms with Crippen molar-refractivity contribution in [2.45, 2.75) is 0 Å². The second-order valence-corrected chi connectivity index (χ2v) is 2.54. The van der Waals surface area contributed by atoms with Crippen LogP contribution in [0, 0.1) is 0 Å². The Kier molecular flexibility index (Phi) is 3.31. The first-order chi connectivity index (χ1) is 5.33. The molecule has 3 heteroatoms. The molecule has 0 spiro atoms. The second-order valence-electron chi connectivity index (χ2n) is 1.91. The van der Waals surface area contributed by atoms with Gasteiger partial charge in [-0.05, 0) is 0 Å². The molecule has 0 aliphatic carbocycles. The van der Waals surface area contributed by atoms with E-state index in [9.17, 15) is 0 Å². The van der Waals surface area contributed by atoms with Gasteiger partial charge in [-0.15, -0.1) is 0 Å². The van der Waals surface area contributed by atoms with Gasteiger partial charge in [0.1, 0.15) is 0 Å². The Balaban J connectivity index is 2.55. The van der Waals surface area contributed by atoms with Gasteiger partial charge in [-0.1, -0.05) is 0 Å². The molecule has 0 saturated heterocycles. The van der Waals surface area contributed by atoms with Crippen molar-refractivity contribution in [1.82, 2.24) is 0 Å². The zero-order valence-corrected chi connectivity index (χ0v) is 7.39. The van der Waals surface area contributed by atoms with Crippen LogP contribution in [0.4, 0.5) is 0 Å². The van der Waals surface area contributed by atoms with Crippen molar-refractivity contribution in [2.75, 3.05) is 7.11 Å². The van der Waals surface area contributed by atoms with Gasteiger partial charge in [0.2, 0.25) is 0 Å². The van der Waals surface area contributed by atoms with Crippen molar-refractivity contribution < 1.29 is 25.0 Å². The van der Waals surface area contributed by atoms with Gasteiger partial charge in [-0.3, -0.25) is 0 Å². The predicted octanol–water partition coefficient (Wildman–Crippen LogP) is 1.62. The zero-order valence-electron chi connectivity index (χ0n) is 6.11. The summed E-state index contributed by atoms with van der Waals surface area (Å²) in [6.45, 7) is 0. The van der Waals surface area contributed by atoms with Gasteiger partial charge in [0.15, 0.2) is 0 Å². The molecule has 58 valence electrons. The fourth-order valence-electron chi connectivity index (χ4n) is 0.602. The molecule has 0 radical (unpaired) electrons. The molecule has 0 aliphatic rings. The van der Waals surface area contributed by atoms with Gasteiger partial charge in [0, 0.05) is 0 Å². The molecule has 0 N–H and O–H groups in total. The Labute approximate surface area is 73.4 Å². The van der Waals surface area contributed by atoms with E-state index in [4.69, 9.17) is 9.15 Å². The van der Waals surface area contributed by atoms with Crippen LogP contribution < -0.4 is 0 Å². The van der Waals surface area contributed by atoms with Crippen molar-refractivity contribution in [3.05, 3.63) is 30.2 Å². The first-order valence-corrected chi connectivity index (χ1v) is 3.75. The van der Waals surface area contributed by atoms with E-state index in [2.05, 4.69) is 15.9 Å². The number of rotatable bonds is 3. The molecule has 1 heterocycles. The van der Waals surface area contributed by atoms with E-state index in [1.54, 1.807) is 19.6 Å². The van der Waals surface area contributed by atoms with E-state index in [0.29, 0.717) is 0 Å². The summed E-state index contributed by atoms with van der Waals surface area (Å²) >= 11 is 2.77. The summed E-state index contributed by atoms with van der Waals surface area (Å²) in [7, 11) is 1.62. The van der Waals surface area contributed by atoms with E-state index < -0.39 is 0 Å². The van der Waals surface area contributed by atoms with Crippen LogP contribution in [0.15, 0.2) is 29.1 Å². The molecular formula is C8H8CrO2. The summed E-state index contributed by atoms with van der Waals surface area (Å²) in [5.41, 5.74) is 1.02. The summed E-state index contributed by atoms with van der Waals surface area (Å²) in [4.78, 5) is 0. The molecule has 0 fully saturated rings. The van der Waals surface area contributed by atoms with Crippen LogP contribution in [0.3, 0.4) is 0 Å². The van der Waals surface area contributed by atoms with Crippen LogP contribution in [-0.2, 0) is 20.6 Å². The van der Waals surface area contributed by atoms with Gasteiger partial charge in [-0.2, -0.15) is 0 Å². The fraction of sp³-hybridized carbons (Fsp3) is 0.125. The summed E-state index contributed by atoms with van der Waals surface area (Å²) in [5.74, 6) is 0. The zero-order chi connectivity index (χ0) is 8.10. The first-order valence-electron chi connectivity index (χ1n) is 3.11. The molecule has 1 rings (SSSR count). The monoisotopic (exact) mass is 188 g/mol. The molecule has 0 atom stereocenters. The average Bonchev–Trinajstić information content (AvgIpc) is 2.52. The molecule has 11 heavy (non-hydrogen) atoms. The van der Waals surface area contributed by atoms with Gasteiger partial charge in [0.05, 0.1) is 0 Å². The predicted molar refractivity (Wildman–Crippen MR) is 39.8 cm³/mol. The van der Waals surface area contributed by atoms with Gasteiger partial charge >= 0.3 is 73.0 Å². The van der Waals surface area contributed by atoms with Crippen LogP contribution in [0.2, 0.25) is 0 Å². The van der Waals surface area contributed by atoms with E-state index in [1.807, 2.05) is 18.2 Å². The number of furan rings is 1. The Hall–Kier alpha value is -0.618. The first kappa shape index (κ1) is 8.48. The third kappa shape index (κ3) is 2.86. The number of hydrogen-bond donors (Lipinski definition) is 0. The fourth-order valence-corrected chi connectivity index (χ4v) is 0.708. The van der Waals surface area contributed by atoms with E-state index in [0.717, 1.165) is 10.1 Å². The Morgan fingerprint density at radius 2 is 2.55 bits per heavy atom. The summed E-state index contributed by atoms with van der Waals surface area (Å²) in [6, 6.07) is 1.87. The minimum atomic E-state index is 0.756. The van der Waals surface area contributed by atoms with Crippen LogP contribution in [-0.4, -0.2) is 11.7 Å². The number of ether oxygens (including phenoxy) is 1. The van der Waals surface area contributed by atoms with Crippen molar-refractivity contribution in [3.8, 4) is 0 Å². The van der Waals surface area contributed by atoms with Crippen LogP contribution >= 0.6 is 0 Å². The maximum absolute atomic E-state index is 4.89. The minimum absolute atomic E-state index is 0.756. The Morgan fingerprint density at radius 1 is 1.73 bits per heavy atom. The quantitative estimate of drug-likeness (QED) is 0.719. The third-order valence-corrected chi connectivity index (χ3v) is 1.63. The Morgan fingerprint density at radius 3 is 3.09 bits per heavy atom. The van der Waals surface area contributed by atoms with E-state index in [1.165, 1.54) is 0 Å². The summed E-state index contributed by atoms with van der Waals surface area (Å²) in [6.07, 6.45) is 7.04. The van der Waals surface area contributed by atoms with Crippen molar-refractivity contribution in [1.29, 1.82) is 0 Å². The summed E-state index contributed by atoms with van der Waals surface area (Å²) in [5, 5.41) is 0. The molecule has 2 nitrogen and oxygen atoms in total. The van der Waals surface area contributed by atoms with Crippen molar-refractivity contribution in [3.63, 3.8) is 0 Å². The molecule has 1 aromatic heterocycles. The number of hydrogen-bond acceptors (Lipinski definition) is 2. The molecule has 0 bridgehead atoms. The van der Waals surface area contributed by atoms with Gasteiger partial charge in [0.25, 0.3) is 0 Å². The molecular weight excluding hydrogens is 180 g/mol.